The van der Waals surface area contributed by atoms with Crippen LogP contribution in [-0.4, -0.2) is 24.1 Å². The van der Waals surface area contributed by atoms with E-state index in [9.17, 15) is 5.11 Å². The molecule has 0 saturated heterocycles. The van der Waals surface area contributed by atoms with E-state index >= 15 is 0 Å². The Labute approximate surface area is 130 Å². The molecule has 118 valence electrons. The van der Waals surface area contributed by atoms with Gasteiger partial charge in [0.15, 0.2) is 0 Å². The van der Waals surface area contributed by atoms with Crippen LogP contribution in [0, 0.1) is 13.8 Å². The number of hydrogen-bond acceptors (Lipinski definition) is 5. The lowest BCUT2D eigenvalue weighted by Gasteiger charge is -2.12. The molecule has 5 heteroatoms. The van der Waals surface area contributed by atoms with Gasteiger partial charge < -0.3 is 14.4 Å². The number of aryl methyl sites for hydroxylation is 2. The molecule has 0 aliphatic carbocycles. The fourth-order valence-electron chi connectivity index (χ4n) is 2.16. The maximum absolute atomic E-state index is 9.62. The maximum atomic E-state index is 9.62. The molecule has 0 fully saturated rings. The van der Waals surface area contributed by atoms with Crippen molar-refractivity contribution in [2.75, 3.05) is 7.11 Å². The number of benzene rings is 1. The van der Waals surface area contributed by atoms with Gasteiger partial charge in [-0.05, 0) is 32.7 Å². The van der Waals surface area contributed by atoms with E-state index in [-0.39, 0.29) is 5.76 Å². The first-order valence-electron chi connectivity index (χ1n) is 6.99. The zero-order valence-electron chi connectivity index (χ0n) is 13.7. The first-order valence-corrected chi connectivity index (χ1v) is 6.99. The number of aliphatic hydroxyl groups is 1. The molecule has 2 rings (SSSR count). The SMILES string of the molecule is C=Nc1cc(-c2c(C)noc2C)c(OC)cc1C(=C)O.CC. The summed E-state index contributed by atoms with van der Waals surface area (Å²) in [6, 6.07) is 3.45. The number of methoxy groups -OCH3 is 1. The summed E-state index contributed by atoms with van der Waals surface area (Å²) in [5.74, 6) is 1.18. The minimum absolute atomic E-state index is 0.0870. The quantitative estimate of drug-likeness (QED) is 0.647. The summed E-state index contributed by atoms with van der Waals surface area (Å²) >= 11 is 0. The second-order valence-electron chi connectivity index (χ2n) is 4.37. The molecule has 0 aliphatic rings. The van der Waals surface area contributed by atoms with Crippen molar-refractivity contribution in [1.29, 1.82) is 0 Å². The number of rotatable bonds is 4. The molecule has 0 amide bonds. The molecule has 0 bridgehead atoms. The van der Waals surface area contributed by atoms with Gasteiger partial charge in [-0.3, -0.25) is 4.99 Å². The van der Waals surface area contributed by atoms with Crippen molar-refractivity contribution in [3.05, 3.63) is 35.7 Å². The molecule has 1 aromatic carbocycles. The lowest BCUT2D eigenvalue weighted by Crippen LogP contribution is -1.93. The third-order valence-corrected chi connectivity index (χ3v) is 3.10. The van der Waals surface area contributed by atoms with Gasteiger partial charge >= 0.3 is 0 Å². The molecule has 1 N–H and O–H groups in total. The van der Waals surface area contributed by atoms with Gasteiger partial charge in [-0.25, -0.2) is 0 Å². The van der Waals surface area contributed by atoms with Crippen LogP contribution >= 0.6 is 0 Å². The molecule has 0 radical (unpaired) electrons. The Morgan fingerprint density at radius 1 is 1.32 bits per heavy atom. The van der Waals surface area contributed by atoms with Crippen LogP contribution in [0.3, 0.4) is 0 Å². The van der Waals surface area contributed by atoms with E-state index in [2.05, 4.69) is 23.4 Å². The third kappa shape index (κ3) is 3.19. The smallest absolute Gasteiger partial charge is 0.141 e. The molecule has 0 aliphatic heterocycles. The van der Waals surface area contributed by atoms with Crippen LogP contribution in [0.4, 0.5) is 5.69 Å². The van der Waals surface area contributed by atoms with Gasteiger partial charge in [0.1, 0.15) is 17.3 Å². The lowest BCUT2D eigenvalue weighted by molar-refractivity contribution is 0.393. The monoisotopic (exact) mass is 302 g/mol. The van der Waals surface area contributed by atoms with E-state index in [4.69, 9.17) is 9.26 Å². The number of aromatic nitrogens is 1. The van der Waals surface area contributed by atoms with E-state index in [1.165, 1.54) is 0 Å². The van der Waals surface area contributed by atoms with Crippen LogP contribution < -0.4 is 4.74 Å². The molecule has 0 unspecified atom stereocenters. The molecule has 0 spiro atoms. The summed E-state index contributed by atoms with van der Waals surface area (Å²) in [7, 11) is 1.56. The highest BCUT2D eigenvalue weighted by molar-refractivity contribution is 5.82. The number of nitrogens with zero attached hydrogens (tertiary/aromatic N) is 2. The summed E-state index contributed by atoms with van der Waals surface area (Å²) in [6.07, 6.45) is 0. The van der Waals surface area contributed by atoms with Crippen molar-refractivity contribution < 1.29 is 14.4 Å². The van der Waals surface area contributed by atoms with E-state index < -0.39 is 0 Å². The van der Waals surface area contributed by atoms with Crippen molar-refractivity contribution in [2.24, 2.45) is 4.99 Å². The van der Waals surface area contributed by atoms with Crippen LogP contribution in [0.5, 0.6) is 5.75 Å². The largest absolute Gasteiger partial charge is 0.508 e. The minimum Gasteiger partial charge on any atom is -0.508 e. The van der Waals surface area contributed by atoms with Gasteiger partial charge in [-0.1, -0.05) is 25.6 Å². The van der Waals surface area contributed by atoms with Crippen molar-refractivity contribution in [3.8, 4) is 16.9 Å². The van der Waals surface area contributed by atoms with Gasteiger partial charge in [0.2, 0.25) is 0 Å². The highest BCUT2D eigenvalue weighted by Gasteiger charge is 2.19. The van der Waals surface area contributed by atoms with Crippen molar-refractivity contribution in [2.45, 2.75) is 27.7 Å². The molecular formula is C17H22N2O3. The summed E-state index contributed by atoms with van der Waals surface area (Å²) in [4.78, 5) is 3.92. The number of aliphatic imine (C=N–C) groups is 1. The van der Waals surface area contributed by atoms with Crippen LogP contribution in [0.25, 0.3) is 16.9 Å². The van der Waals surface area contributed by atoms with Gasteiger partial charge in [0.05, 0.1) is 24.1 Å². The Morgan fingerprint density at radius 2 is 1.95 bits per heavy atom. The van der Waals surface area contributed by atoms with Crippen LogP contribution in [-0.2, 0) is 0 Å². The highest BCUT2D eigenvalue weighted by atomic mass is 16.5. The molecule has 0 atom stereocenters. The van der Waals surface area contributed by atoms with Crippen LogP contribution in [0.1, 0.15) is 30.9 Å². The third-order valence-electron chi connectivity index (χ3n) is 3.10. The van der Waals surface area contributed by atoms with E-state index in [0.717, 1.165) is 16.8 Å². The zero-order valence-corrected chi connectivity index (χ0v) is 13.7. The lowest BCUT2D eigenvalue weighted by atomic mass is 9.99. The van der Waals surface area contributed by atoms with E-state index in [1.807, 2.05) is 27.7 Å². The second kappa shape index (κ2) is 7.45. The van der Waals surface area contributed by atoms with Crippen LogP contribution in [0.15, 0.2) is 28.2 Å². The van der Waals surface area contributed by atoms with Gasteiger partial charge in [0.25, 0.3) is 0 Å². The number of hydrogen-bond donors (Lipinski definition) is 1. The maximum Gasteiger partial charge on any atom is 0.141 e. The Kier molecular flexibility index (Phi) is 5.92. The van der Waals surface area contributed by atoms with E-state index in [0.29, 0.717) is 22.8 Å². The Bertz CT molecular complexity index is 668. The van der Waals surface area contributed by atoms with Crippen molar-refractivity contribution >= 4 is 18.2 Å². The summed E-state index contributed by atoms with van der Waals surface area (Å²) < 4.78 is 10.6. The molecule has 0 saturated carbocycles. The molecule has 2 aromatic rings. The predicted octanol–water partition coefficient (Wildman–Crippen LogP) is 4.85. The van der Waals surface area contributed by atoms with Gasteiger partial charge in [-0.2, -0.15) is 0 Å². The number of ether oxygens (including phenoxy) is 1. The standard InChI is InChI=1S/C15H16N2O3.C2H6/c1-8-15(10(3)20-17-8)12-6-13(16-4)11(9(2)18)7-14(12)19-5;1-2/h6-7,18H,2,4H2,1,3,5H3;1-2H3. The van der Waals surface area contributed by atoms with Gasteiger partial charge in [0, 0.05) is 11.1 Å². The van der Waals surface area contributed by atoms with Crippen LogP contribution in [0.2, 0.25) is 0 Å². The van der Waals surface area contributed by atoms with Crippen molar-refractivity contribution in [1.82, 2.24) is 5.16 Å². The Morgan fingerprint density at radius 3 is 2.36 bits per heavy atom. The fraction of sp³-hybridized carbons (Fsp3) is 0.294. The topological polar surface area (TPSA) is 67.9 Å². The average molecular weight is 302 g/mol. The van der Waals surface area contributed by atoms with Crippen molar-refractivity contribution in [3.63, 3.8) is 0 Å². The summed E-state index contributed by atoms with van der Waals surface area (Å²) in [6.45, 7) is 14.7. The molecule has 22 heavy (non-hydrogen) atoms. The first kappa shape index (κ1) is 17.5. The molecule has 1 heterocycles. The number of aliphatic hydroxyl groups excluding tert-OH is 1. The zero-order chi connectivity index (χ0) is 16.9. The highest BCUT2D eigenvalue weighted by Crippen LogP contribution is 2.40. The molecular weight excluding hydrogens is 280 g/mol. The normalized spacial score (nSPS) is 9.68. The second-order valence-corrected chi connectivity index (χ2v) is 4.37. The summed E-state index contributed by atoms with van der Waals surface area (Å²) in [5, 5.41) is 13.6. The minimum atomic E-state index is -0.0870. The molecule has 5 nitrogen and oxygen atoms in total. The van der Waals surface area contributed by atoms with E-state index in [1.54, 1.807) is 19.2 Å². The predicted molar refractivity (Wildman–Crippen MR) is 90.2 cm³/mol. The molecule has 1 aromatic heterocycles. The average Bonchev–Trinajstić information content (AvgIpc) is 2.86. The Hall–Kier alpha value is -2.56. The summed E-state index contributed by atoms with van der Waals surface area (Å²) in [5.41, 5.74) is 3.39. The first-order chi connectivity index (χ1) is 10.5. The van der Waals surface area contributed by atoms with Gasteiger partial charge in [-0.15, -0.1) is 0 Å². The fourth-order valence-corrected chi connectivity index (χ4v) is 2.16. The Balaban J connectivity index is 0.00000116.